The molecule has 1 aliphatic heterocycles. The molecule has 1 saturated heterocycles. The van der Waals surface area contributed by atoms with E-state index in [1.165, 1.54) is 0 Å². The van der Waals surface area contributed by atoms with E-state index in [0.29, 0.717) is 12.2 Å². The Morgan fingerprint density at radius 3 is 2.77 bits per heavy atom. The first-order valence-corrected chi connectivity index (χ1v) is 5.77. The summed E-state index contributed by atoms with van der Waals surface area (Å²) in [5, 5.41) is 6.29. The number of anilines is 1. The molecular formula is C6H10N4O2S. The Labute approximate surface area is 75.5 Å². The molecule has 7 heteroatoms. The molecule has 2 rings (SSSR count). The predicted octanol–water partition coefficient (Wildman–Crippen LogP) is -0.711. The standard InChI is InChI=1S/C6H10N4O2S/c7-6-8-5(9-10-6)4-1-2-13(11,12)3-4/h4H,1-3H2,(H3,7,8,9,10). The van der Waals surface area contributed by atoms with Crippen molar-refractivity contribution >= 4 is 15.8 Å². The van der Waals surface area contributed by atoms with Crippen LogP contribution in [0.25, 0.3) is 0 Å². The molecule has 1 atom stereocenters. The van der Waals surface area contributed by atoms with Crippen molar-refractivity contribution in [2.45, 2.75) is 12.3 Å². The third-order valence-corrected chi connectivity index (χ3v) is 3.91. The minimum absolute atomic E-state index is 0.0604. The largest absolute Gasteiger partial charge is 0.367 e. The summed E-state index contributed by atoms with van der Waals surface area (Å²) in [4.78, 5) is 3.90. The topological polar surface area (TPSA) is 102 Å². The zero-order valence-corrected chi connectivity index (χ0v) is 7.71. The molecule has 1 aliphatic rings. The molecule has 0 spiro atoms. The summed E-state index contributed by atoms with van der Waals surface area (Å²) in [5.41, 5.74) is 5.31. The van der Waals surface area contributed by atoms with Crippen LogP contribution in [-0.2, 0) is 9.84 Å². The van der Waals surface area contributed by atoms with Crippen LogP contribution in [-0.4, -0.2) is 35.1 Å². The number of rotatable bonds is 1. The van der Waals surface area contributed by atoms with Gasteiger partial charge in [-0.3, -0.25) is 5.10 Å². The molecule has 6 nitrogen and oxygen atoms in total. The molecule has 0 radical (unpaired) electrons. The average Bonchev–Trinajstić information content (AvgIpc) is 2.56. The number of nitrogens with two attached hydrogens (primary N) is 1. The Morgan fingerprint density at radius 2 is 2.31 bits per heavy atom. The Hall–Kier alpha value is -1.11. The van der Waals surface area contributed by atoms with Crippen LogP contribution in [0.2, 0.25) is 0 Å². The fourth-order valence-electron chi connectivity index (χ4n) is 1.48. The molecule has 72 valence electrons. The first-order chi connectivity index (χ1) is 6.07. The number of aromatic amines is 1. The van der Waals surface area contributed by atoms with Crippen LogP contribution in [0.15, 0.2) is 0 Å². The van der Waals surface area contributed by atoms with Gasteiger partial charge in [-0.1, -0.05) is 0 Å². The summed E-state index contributed by atoms with van der Waals surface area (Å²) < 4.78 is 22.3. The number of nitrogens with zero attached hydrogens (tertiary/aromatic N) is 2. The van der Waals surface area contributed by atoms with E-state index < -0.39 is 9.84 Å². The highest BCUT2D eigenvalue weighted by Gasteiger charge is 2.31. The van der Waals surface area contributed by atoms with Crippen LogP contribution in [0, 0.1) is 0 Å². The Morgan fingerprint density at radius 1 is 1.54 bits per heavy atom. The molecule has 0 aromatic carbocycles. The van der Waals surface area contributed by atoms with E-state index in [4.69, 9.17) is 5.73 Å². The van der Waals surface area contributed by atoms with Gasteiger partial charge in [-0.15, -0.1) is 5.10 Å². The van der Waals surface area contributed by atoms with Gasteiger partial charge in [0.25, 0.3) is 0 Å². The second-order valence-corrected chi connectivity index (χ2v) is 5.41. The summed E-state index contributed by atoms with van der Waals surface area (Å²) in [6, 6.07) is 0. The highest BCUT2D eigenvalue weighted by Crippen LogP contribution is 2.26. The van der Waals surface area contributed by atoms with Gasteiger partial charge in [-0.25, -0.2) is 8.42 Å². The minimum Gasteiger partial charge on any atom is -0.367 e. The third-order valence-electron chi connectivity index (χ3n) is 2.14. The molecule has 1 aromatic rings. The van der Waals surface area contributed by atoms with Crippen molar-refractivity contribution in [2.75, 3.05) is 17.2 Å². The van der Waals surface area contributed by atoms with E-state index in [-0.39, 0.29) is 23.4 Å². The number of sulfone groups is 1. The quantitative estimate of drug-likeness (QED) is 0.626. The number of hydrogen-bond donors (Lipinski definition) is 2. The van der Waals surface area contributed by atoms with E-state index in [0.717, 1.165) is 0 Å². The number of aromatic nitrogens is 3. The monoisotopic (exact) mass is 202 g/mol. The second kappa shape index (κ2) is 2.69. The van der Waals surface area contributed by atoms with Gasteiger partial charge in [0.1, 0.15) is 5.82 Å². The maximum absolute atomic E-state index is 11.1. The van der Waals surface area contributed by atoms with Gasteiger partial charge in [-0.2, -0.15) is 4.98 Å². The fraction of sp³-hybridized carbons (Fsp3) is 0.667. The molecule has 1 aromatic heterocycles. The van der Waals surface area contributed by atoms with Crippen molar-refractivity contribution in [3.8, 4) is 0 Å². The molecule has 1 fully saturated rings. The van der Waals surface area contributed by atoms with Crippen LogP contribution in [0.4, 0.5) is 5.95 Å². The lowest BCUT2D eigenvalue weighted by Crippen LogP contribution is -2.05. The summed E-state index contributed by atoms with van der Waals surface area (Å²) in [6.07, 6.45) is 0.608. The van der Waals surface area contributed by atoms with Crippen LogP contribution in [0.3, 0.4) is 0 Å². The van der Waals surface area contributed by atoms with E-state index >= 15 is 0 Å². The highest BCUT2D eigenvalue weighted by molar-refractivity contribution is 7.91. The maximum Gasteiger partial charge on any atom is 0.239 e. The number of hydrogen-bond acceptors (Lipinski definition) is 5. The molecule has 0 aliphatic carbocycles. The first-order valence-electron chi connectivity index (χ1n) is 3.95. The van der Waals surface area contributed by atoms with Gasteiger partial charge in [0, 0.05) is 5.92 Å². The van der Waals surface area contributed by atoms with Crippen LogP contribution >= 0.6 is 0 Å². The Balaban J connectivity index is 2.21. The third kappa shape index (κ3) is 1.64. The van der Waals surface area contributed by atoms with Crippen LogP contribution in [0.5, 0.6) is 0 Å². The molecule has 1 unspecified atom stereocenters. The lowest BCUT2D eigenvalue weighted by Gasteiger charge is -1.99. The van der Waals surface area contributed by atoms with Crippen molar-refractivity contribution in [3.05, 3.63) is 5.82 Å². The number of nitrogens with one attached hydrogen (secondary N) is 1. The zero-order valence-electron chi connectivity index (χ0n) is 6.90. The Kier molecular flexibility index (Phi) is 1.76. The number of H-pyrrole nitrogens is 1. The summed E-state index contributed by atoms with van der Waals surface area (Å²) >= 11 is 0. The lowest BCUT2D eigenvalue weighted by atomic mass is 10.1. The van der Waals surface area contributed by atoms with E-state index in [9.17, 15) is 8.42 Å². The van der Waals surface area contributed by atoms with Gasteiger partial charge in [0.2, 0.25) is 5.95 Å². The van der Waals surface area contributed by atoms with Gasteiger partial charge < -0.3 is 5.73 Å². The fourth-order valence-corrected chi connectivity index (χ4v) is 3.23. The summed E-state index contributed by atoms with van der Waals surface area (Å²) in [6.45, 7) is 0. The molecular weight excluding hydrogens is 192 g/mol. The first kappa shape index (κ1) is 8.49. The van der Waals surface area contributed by atoms with Gasteiger partial charge >= 0.3 is 0 Å². The van der Waals surface area contributed by atoms with E-state index in [2.05, 4.69) is 15.2 Å². The van der Waals surface area contributed by atoms with Crippen molar-refractivity contribution in [2.24, 2.45) is 0 Å². The SMILES string of the molecule is Nc1n[nH]c(C2CCS(=O)(=O)C2)n1. The van der Waals surface area contributed by atoms with E-state index in [1.807, 2.05) is 0 Å². The Bertz CT molecular complexity index is 410. The normalized spacial score (nSPS) is 26.3. The zero-order chi connectivity index (χ0) is 9.47. The summed E-state index contributed by atoms with van der Waals surface area (Å²) in [7, 11) is -2.86. The van der Waals surface area contributed by atoms with Crippen LogP contribution < -0.4 is 5.73 Å². The molecule has 0 amide bonds. The molecule has 0 bridgehead atoms. The van der Waals surface area contributed by atoms with Crippen molar-refractivity contribution < 1.29 is 8.42 Å². The molecule has 0 saturated carbocycles. The minimum atomic E-state index is -2.86. The van der Waals surface area contributed by atoms with E-state index in [1.54, 1.807) is 0 Å². The average molecular weight is 202 g/mol. The van der Waals surface area contributed by atoms with Crippen molar-refractivity contribution in [1.29, 1.82) is 0 Å². The van der Waals surface area contributed by atoms with Crippen molar-refractivity contribution in [1.82, 2.24) is 15.2 Å². The summed E-state index contributed by atoms with van der Waals surface area (Å²) in [5.74, 6) is 1.08. The smallest absolute Gasteiger partial charge is 0.239 e. The predicted molar refractivity (Wildman–Crippen MR) is 46.8 cm³/mol. The molecule has 2 heterocycles. The van der Waals surface area contributed by atoms with Crippen molar-refractivity contribution in [3.63, 3.8) is 0 Å². The van der Waals surface area contributed by atoms with Gasteiger partial charge in [0.05, 0.1) is 11.5 Å². The lowest BCUT2D eigenvalue weighted by molar-refractivity contribution is 0.601. The maximum atomic E-state index is 11.1. The molecule has 3 N–H and O–H groups in total. The second-order valence-electron chi connectivity index (χ2n) is 3.18. The van der Waals surface area contributed by atoms with Gasteiger partial charge in [-0.05, 0) is 6.42 Å². The van der Waals surface area contributed by atoms with Crippen LogP contribution in [0.1, 0.15) is 18.2 Å². The highest BCUT2D eigenvalue weighted by atomic mass is 32.2. The molecule has 13 heavy (non-hydrogen) atoms. The number of nitrogen functional groups attached to an aromatic ring is 1. The van der Waals surface area contributed by atoms with Gasteiger partial charge in [0.15, 0.2) is 9.84 Å².